The third kappa shape index (κ3) is 6.64. The highest BCUT2D eigenvalue weighted by atomic mass is 16.5. The lowest BCUT2D eigenvalue weighted by Gasteiger charge is -2.40. The number of rotatable bonds is 10. The fourth-order valence-electron chi connectivity index (χ4n) is 4.93. The number of nitrogens with zero attached hydrogens (tertiary/aromatic N) is 1. The van der Waals surface area contributed by atoms with Gasteiger partial charge < -0.3 is 29.0 Å². The topological polar surface area (TPSA) is 71.1 Å². The summed E-state index contributed by atoms with van der Waals surface area (Å²) in [7, 11) is 0. The van der Waals surface area contributed by atoms with Gasteiger partial charge >= 0.3 is 0 Å². The Kier molecular flexibility index (Phi) is 8.41. The number of piperidine rings is 1. The first-order valence-electron chi connectivity index (χ1n) is 13.1. The van der Waals surface area contributed by atoms with Crippen LogP contribution in [0.4, 0.5) is 4.79 Å². The maximum absolute atomic E-state index is 11.6. The van der Waals surface area contributed by atoms with Gasteiger partial charge in [-0.1, -0.05) is 66.7 Å². The maximum Gasteiger partial charge on any atom is 0.137 e. The van der Waals surface area contributed by atoms with E-state index in [4.69, 9.17) is 14.2 Å². The van der Waals surface area contributed by atoms with E-state index in [1.807, 2.05) is 54.6 Å². The molecule has 1 fully saturated rings. The SMILES string of the molecule is O=C([O-])N1CCC(c2ccc(OCCCOc3ccccc3)cc2)C(OCc2ccc3ccccc3c2)C1. The van der Waals surface area contributed by atoms with Crippen LogP contribution < -0.4 is 14.6 Å². The zero-order valence-electron chi connectivity index (χ0n) is 21.3. The van der Waals surface area contributed by atoms with Crippen molar-refractivity contribution in [1.82, 2.24) is 4.90 Å². The van der Waals surface area contributed by atoms with E-state index in [9.17, 15) is 9.90 Å². The number of fused-ring (bicyclic) bond motifs is 1. The van der Waals surface area contributed by atoms with Crippen molar-refractivity contribution in [2.24, 2.45) is 0 Å². The van der Waals surface area contributed by atoms with Crippen LogP contribution in [-0.4, -0.2) is 43.4 Å². The summed E-state index contributed by atoms with van der Waals surface area (Å²) in [5.41, 5.74) is 2.18. The highest BCUT2D eigenvalue weighted by Gasteiger charge is 2.31. The standard InChI is InChI=1S/C32H33NO5/c34-32(35)33-18-17-30(31(22-33)38-23-24-11-12-25-7-4-5-8-27(25)21-24)26-13-15-29(16-14-26)37-20-6-19-36-28-9-2-1-3-10-28/h1-5,7-16,21,30-31H,6,17-20,22-23H2,(H,34,35)/p-1. The van der Waals surface area contributed by atoms with Gasteiger partial charge in [0, 0.05) is 25.4 Å². The zero-order valence-corrected chi connectivity index (χ0v) is 21.3. The second-order valence-corrected chi connectivity index (χ2v) is 9.57. The van der Waals surface area contributed by atoms with Gasteiger partial charge in [-0.05, 0) is 58.7 Å². The largest absolute Gasteiger partial charge is 0.530 e. The fraction of sp³-hybridized carbons (Fsp3) is 0.281. The Balaban J connectivity index is 1.17. The van der Waals surface area contributed by atoms with E-state index < -0.39 is 6.09 Å². The molecule has 1 amide bonds. The average Bonchev–Trinajstić information content (AvgIpc) is 2.96. The summed E-state index contributed by atoms with van der Waals surface area (Å²) in [5.74, 6) is 1.74. The van der Waals surface area contributed by atoms with Gasteiger partial charge in [0.1, 0.15) is 17.6 Å². The number of ether oxygens (including phenoxy) is 3. The Morgan fingerprint density at radius 3 is 2.24 bits per heavy atom. The monoisotopic (exact) mass is 510 g/mol. The number of hydrogen-bond donors (Lipinski definition) is 0. The van der Waals surface area contributed by atoms with Gasteiger partial charge in [0.25, 0.3) is 0 Å². The highest BCUT2D eigenvalue weighted by Crippen LogP contribution is 2.32. The molecular formula is C32H32NO5-. The molecule has 4 aromatic carbocycles. The molecule has 0 spiro atoms. The first kappa shape index (κ1) is 25.6. The van der Waals surface area contributed by atoms with Crippen molar-refractivity contribution in [3.8, 4) is 11.5 Å². The Morgan fingerprint density at radius 2 is 1.50 bits per heavy atom. The normalized spacial score (nSPS) is 17.3. The molecule has 0 bridgehead atoms. The third-order valence-corrected chi connectivity index (χ3v) is 6.97. The number of hydrogen-bond acceptors (Lipinski definition) is 5. The predicted octanol–water partition coefficient (Wildman–Crippen LogP) is 5.41. The molecule has 0 radical (unpaired) electrons. The molecule has 5 rings (SSSR count). The van der Waals surface area contributed by atoms with Crippen LogP contribution in [0.5, 0.6) is 11.5 Å². The number of amides is 1. The first-order chi connectivity index (χ1) is 18.7. The minimum Gasteiger partial charge on any atom is -0.530 e. The van der Waals surface area contributed by atoms with Gasteiger partial charge in [-0.25, -0.2) is 0 Å². The summed E-state index contributed by atoms with van der Waals surface area (Å²) in [5, 5.41) is 13.9. The maximum atomic E-state index is 11.6. The third-order valence-electron chi connectivity index (χ3n) is 6.97. The van der Waals surface area contributed by atoms with Crippen LogP contribution in [0.3, 0.4) is 0 Å². The average molecular weight is 511 g/mol. The van der Waals surface area contributed by atoms with Crippen molar-refractivity contribution in [2.45, 2.75) is 31.5 Å². The molecule has 6 heteroatoms. The lowest BCUT2D eigenvalue weighted by Crippen LogP contribution is -2.51. The highest BCUT2D eigenvalue weighted by molar-refractivity contribution is 5.82. The van der Waals surface area contributed by atoms with Crippen molar-refractivity contribution >= 4 is 16.9 Å². The summed E-state index contributed by atoms with van der Waals surface area (Å²) >= 11 is 0. The van der Waals surface area contributed by atoms with Gasteiger partial charge in [-0.2, -0.15) is 0 Å². The van der Waals surface area contributed by atoms with Crippen LogP contribution in [0.25, 0.3) is 10.8 Å². The van der Waals surface area contributed by atoms with Crippen LogP contribution in [0.2, 0.25) is 0 Å². The van der Waals surface area contributed by atoms with Crippen LogP contribution in [0, 0.1) is 0 Å². The van der Waals surface area contributed by atoms with Crippen LogP contribution >= 0.6 is 0 Å². The smallest absolute Gasteiger partial charge is 0.137 e. The summed E-state index contributed by atoms with van der Waals surface area (Å²) in [6.45, 7) is 2.30. The minimum atomic E-state index is -1.15. The zero-order chi connectivity index (χ0) is 26.2. The van der Waals surface area contributed by atoms with Gasteiger partial charge in [0.15, 0.2) is 0 Å². The van der Waals surface area contributed by atoms with Crippen LogP contribution in [0.1, 0.15) is 29.9 Å². The lowest BCUT2D eigenvalue weighted by atomic mass is 9.87. The van der Waals surface area contributed by atoms with E-state index in [-0.39, 0.29) is 12.0 Å². The number of carbonyl (C=O) groups excluding carboxylic acids is 1. The molecule has 6 nitrogen and oxygen atoms in total. The Labute approximate surface area is 223 Å². The molecule has 196 valence electrons. The molecule has 0 aromatic heterocycles. The molecule has 1 aliphatic rings. The van der Waals surface area contributed by atoms with Crippen LogP contribution in [-0.2, 0) is 11.3 Å². The molecule has 2 unspecified atom stereocenters. The quantitative estimate of drug-likeness (QED) is 0.267. The molecule has 38 heavy (non-hydrogen) atoms. The molecule has 1 saturated heterocycles. The van der Waals surface area contributed by atoms with E-state index in [1.165, 1.54) is 10.3 Å². The summed E-state index contributed by atoms with van der Waals surface area (Å²) in [6, 6.07) is 32.3. The lowest BCUT2D eigenvalue weighted by molar-refractivity contribution is -0.268. The van der Waals surface area contributed by atoms with E-state index in [0.717, 1.165) is 34.4 Å². The van der Waals surface area contributed by atoms with E-state index >= 15 is 0 Å². The first-order valence-corrected chi connectivity index (χ1v) is 13.1. The minimum absolute atomic E-state index is 0.0828. The number of para-hydroxylation sites is 1. The predicted molar refractivity (Wildman–Crippen MR) is 145 cm³/mol. The summed E-state index contributed by atoms with van der Waals surface area (Å²) in [6.07, 6.45) is 0.0360. The molecule has 0 N–H and O–H groups in total. The van der Waals surface area contributed by atoms with Crippen molar-refractivity contribution in [1.29, 1.82) is 0 Å². The molecule has 1 aliphatic heterocycles. The van der Waals surface area contributed by atoms with Crippen molar-refractivity contribution < 1.29 is 24.1 Å². The van der Waals surface area contributed by atoms with E-state index in [1.54, 1.807) is 0 Å². The number of benzene rings is 4. The number of carboxylic acid groups (broad SMARTS) is 1. The molecule has 0 aliphatic carbocycles. The second-order valence-electron chi connectivity index (χ2n) is 9.57. The molecule has 1 heterocycles. The van der Waals surface area contributed by atoms with Crippen molar-refractivity contribution in [2.75, 3.05) is 26.3 Å². The van der Waals surface area contributed by atoms with Gasteiger partial charge in [0.2, 0.25) is 0 Å². The molecule has 0 saturated carbocycles. The van der Waals surface area contributed by atoms with Crippen molar-refractivity contribution in [3.63, 3.8) is 0 Å². The summed E-state index contributed by atoms with van der Waals surface area (Å²) < 4.78 is 18.0. The Hall–Kier alpha value is -4.03. The fourth-order valence-corrected chi connectivity index (χ4v) is 4.93. The van der Waals surface area contributed by atoms with Crippen LogP contribution in [0.15, 0.2) is 97.1 Å². The Morgan fingerprint density at radius 1 is 0.816 bits per heavy atom. The van der Waals surface area contributed by atoms with Crippen molar-refractivity contribution in [3.05, 3.63) is 108 Å². The van der Waals surface area contributed by atoms with Gasteiger partial charge in [-0.3, -0.25) is 0 Å². The number of likely N-dealkylation sites (tertiary alicyclic amines) is 1. The summed E-state index contributed by atoms with van der Waals surface area (Å²) in [4.78, 5) is 12.9. The molecule has 4 aromatic rings. The van der Waals surface area contributed by atoms with E-state index in [2.05, 4.69) is 42.5 Å². The van der Waals surface area contributed by atoms with Gasteiger partial charge in [-0.15, -0.1) is 0 Å². The second kappa shape index (κ2) is 12.5. The van der Waals surface area contributed by atoms with E-state index in [0.29, 0.717) is 39.3 Å². The van der Waals surface area contributed by atoms with Gasteiger partial charge in [0.05, 0.1) is 25.9 Å². The molecular weight excluding hydrogens is 478 g/mol. The molecule has 2 atom stereocenters. The Bertz CT molecular complexity index is 1320. The number of carbonyl (C=O) groups is 1.